The van der Waals surface area contributed by atoms with Crippen molar-refractivity contribution in [1.29, 1.82) is 0 Å². The Labute approximate surface area is 108 Å². The first kappa shape index (κ1) is 13.7. The molecule has 0 aromatic carbocycles. The van der Waals surface area contributed by atoms with Crippen LogP contribution in [-0.2, 0) is 9.53 Å². The minimum atomic E-state index is -0.249. The summed E-state index contributed by atoms with van der Waals surface area (Å²) in [5.74, 6) is 0.101. The third kappa shape index (κ3) is 3.00. The van der Waals surface area contributed by atoms with Gasteiger partial charge in [-0.3, -0.25) is 4.79 Å². The van der Waals surface area contributed by atoms with Crippen LogP contribution in [0, 0.1) is 0 Å². The monoisotopic (exact) mass is 257 g/mol. The molecule has 4 unspecified atom stereocenters. The third-order valence-corrected chi connectivity index (χ3v) is 3.63. The van der Waals surface area contributed by atoms with Crippen LogP contribution in [0.3, 0.4) is 0 Å². The summed E-state index contributed by atoms with van der Waals surface area (Å²) < 4.78 is 5.44. The molecular weight excluding hydrogens is 234 g/mol. The Kier molecular flexibility index (Phi) is 4.55. The maximum Gasteiger partial charge on any atom is 0.241 e. The number of aliphatic hydroxyl groups is 1. The Morgan fingerprint density at radius 1 is 1.39 bits per heavy atom. The summed E-state index contributed by atoms with van der Waals surface area (Å²) in [6.45, 7) is 6.46. The third-order valence-electron chi connectivity index (χ3n) is 3.63. The second-order valence-corrected chi connectivity index (χ2v) is 5.25. The van der Waals surface area contributed by atoms with Gasteiger partial charge in [0.2, 0.25) is 5.91 Å². The predicted molar refractivity (Wildman–Crippen MR) is 67.3 cm³/mol. The number of carbonyl (C=O) groups excluding carboxylic acids is 1. The number of hydrogen-bond acceptors (Lipinski definition) is 5. The van der Waals surface area contributed by atoms with Crippen molar-refractivity contribution < 1.29 is 14.6 Å². The van der Waals surface area contributed by atoms with E-state index in [9.17, 15) is 4.79 Å². The Hall–Kier alpha value is -0.690. The van der Waals surface area contributed by atoms with E-state index in [1.807, 2.05) is 11.8 Å². The Bertz CT molecular complexity index is 292. The maximum atomic E-state index is 12.4. The zero-order valence-electron chi connectivity index (χ0n) is 11.1. The quantitative estimate of drug-likeness (QED) is 0.564. The molecule has 0 aromatic heterocycles. The molecule has 1 amide bonds. The molecule has 0 radical (unpaired) electrons. The molecule has 4 atom stereocenters. The van der Waals surface area contributed by atoms with Gasteiger partial charge in [-0.1, -0.05) is 0 Å². The van der Waals surface area contributed by atoms with Crippen LogP contribution < -0.4 is 10.6 Å². The van der Waals surface area contributed by atoms with Crippen molar-refractivity contribution in [2.45, 2.75) is 38.1 Å². The number of nitrogens with one attached hydrogen (secondary N) is 2. The number of piperazine rings is 1. The van der Waals surface area contributed by atoms with Gasteiger partial charge in [-0.05, 0) is 13.8 Å². The largest absolute Gasteiger partial charge is 0.394 e. The summed E-state index contributed by atoms with van der Waals surface area (Å²) >= 11 is 0. The number of morpholine rings is 1. The first-order valence-corrected chi connectivity index (χ1v) is 6.61. The first-order chi connectivity index (χ1) is 8.61. The highest BCUT2D eigenvalue weighted by atomic mass is 16.5. The lowest BCUT2D eigenvalue weighted by molar-refractivity contribution is -0.148. The summed E-state index contributed by atoms with van der Waals surface area (Å²) in [4.78, 5) is 14.2. The van der Waals surface area contributed by atoms with Gasteiger partial charge in [-0.25, -0.2) is 0 Å². The Morgan fingerprint density at radius 2 is 2.17 bits per heavy atom. The van der Waals surface area contributed by atoms with Crippen molar-refractivity contribution in [3.05, 3.63) is 0 Å². The normalized spacial score (nSPS) is 37.6. The Morgan fingerprint density at radius 3 is 2.78 bits per heavy atom. The van der Waals surface area contributed by atoms with E-state index in [1.54, 1.807) is 0 Å². The molecular formula is C12H23N3O3. The molecule has 104 valence electrons. The van der Waals surface area contributed by atoms with Crippen LogP contribution in [0.4, 0.5) is 0 Å². The second-order valence-electron chi connectivity index (χ2n) is 5.25. The second kappa shape index (κ2) is 5.97. The van der Waals surface area contributed by atoms with Crippen LogP contribution in [0.25, 0.3) is 0 Å². The van der Waals surface area contributed by atoms with Gasteiger partial charge in [0.25, 0.3) is 0 Å². The predicted octanol–water partition coefficient (Wildman–Crippen LogP) is -1.46. The summed E-state index contributed by atoms with van der Waals surface area (Å²) in [5, 5.41) is 15.7. The van der Waals surface area contributed by atoms with Gasteiger partial charge in [0.15, 0.2) is 0 Å². The summed E-state index contributed by atoms with van der Waals surface area (Å²) in [6.07, 6.45) is -0.249. The molecule has 3 N–H and O–H groups in total. The molecule has 6 nitrogen and oxygen atoms in total. The fourth-order valence-electron chi connectivity index (χ4n) is 2.39. The summed E-state index contributed by atoms with van der Waals surface area (Å²) in [6, 6.07) is 0.309. The molecule has 0 saturated carbocycles. The van der Waals surface area contributed by atoms with E-state index in [0.717, 1.165) is 6.54 Å². The minimum absolute atomic E-state index is 0.0378. The van der Waals surface area contributed by atoms with Gasteiger partial charge in [-0.2, -0.15) is 0 Å². The molecule has 2 rings (SSSR count). The summed E-state index contributed by atoms with van der Waals surface area (Å²) in [7, 11) is 0. The molecule has 2 aliphatic rings. The molecule has 18 heavy (non-hydrogen) atoms. The Balaban J connectivity index is 1.94. The van der Waals surface area contributed by atoms with Crippen molar-refractivity contribution in [2.24, 2.45) is 0 Å². The van der Waals surface area contributed by atoms with Crippen LogP contribution >= 0.6 is 0 Å². The van der Waals surface area contributed by atoms with Crippen LogP contribution in [0.1, 0.15) is 13.8 Å². The maximum absolute atomic E-state index is 12.4. The molecule has 2 aliphatic heterocycles. The lowest BCUT2D eigenvalue weighted by Crippen LogP contribution is -2.63. The topological polar surface area (TPSA) is 73.8 Å². The molecule has 6 heteroatoms. The fourth-order valence-corrected chi connectivity index (χ4v) is 2.39. The van der Waals surface area contributed by atoms with Crippen molar-refractivity contribution in [3.8, 4) is 0 Å². The van der Waals surface area contributed by atoms with Gasteiger partial charge in [0.05, 0.1) is 31.4 Å². The highest BCUT2D eigenvalue weighted by Gasteiger charge is 2.34. The van der Waals surface area contributed by atoms with E-state index in [0.29, 0.717) is 25.7 Å². The average Bonchev–Trinajstić information content (AvgIpc) is 2.39. The highest BCUT2D eigenvalue weighted by molar-refractivity contribution is 5.82. The molecule has 0 aliphatic carbocycles. The lowest BCUT2D eigenvalue weighted by Gasteiger charge is -2.40. The number of carbonyl (C=O) groups is 1. The van der Waals surface area contributed by atoms with Gasteiger partial charge in [-0.15, -0.1) is 0 Å². The molecule has 0 aromatic rings. The van der Waals surface area contributed by atoms with E-state index in [-0.39, 0.29) is 30.7 Å². The number of nitrogens with zero attached hydrogens (tertiary/aromatic N) is 1. The SMILES string of the molecule is CC1CNC(C(=O)N2CC(CO)OCC2C)CN1. The van der Waals surface area contributed by atoms with E-state index in [1.165, 1.54) is 0 Å². The number of amides is 1. The van der Waals surface area contributed by atoms with Crippen LogP contribution in [0.5, 0.6) is 0 Å². The highest BCUT2D eigenvalue weighted by Crippen LogP contribution is 2.13. The number of ether oxygens (including phenoxy) is 1. The molecule has 0 spiro atoms. The average molecular weight is 257 g/mol. The number of hydrogen-bond donors (Lipinski definition) is 3. The van der Waals surface area contributed by atoms with Gasteiger partial charge in [0.1, 0.15) is 0 Å². The fraction of sp³-hybridized carbons (Fsp3) is 0.917. The molecule has 2 heterocycles. The first-order valence-electron chi connectivity index (χ1n) is 6.61. The minimum Gasteiger partial charge on any atom is -0.394 e. The van der Waals surface area contributed by atoms with Crippen molar-refractivity contribution >= 4 is 5.91 Å². The number of aliphatic hydroxyl groups excluding tert-OH is 1. The molecule has 2 fully saturated rings. The smallest absolute Gasteiger partial charge is 0.241 e. The van der Waals surface area contributed by atoms with Crippen molar-refractivity contribution in [2.75, 3.05) is 32.8 Å². The molecule has 2 saturated heterocycles. The van der Waals surface area contributed by atoms with Crippen LogP contribution in [0.2, 0.25) is 0 Å². The van der Waals surface area contributed by atoms with Gasteiger partial charge >= 0.3 is 0 Å². The standard InChI is InChI=1S/C12H23N3O3/c1-8-3-14-11(4-13-8)12(17)15-5-10(6-16)18-7-9(15)2/h8-11,13-14,16H,3-7H2,1-2H3. The van der Waals surface area contributed by atoms with Gasteiger partial charge < -0.3 is 25.4 Å². The zero-order valence-corrected chi connectivity index (χ0v) is 11.1. The van der Waals surface area contributed by atoms with Crippen molar-refractivity contribution in [3.63, 3.8) is 0 Å². The van der Waals surface area contributed by atoms with Crippen LogP contribution in [0.15, 0.2) is 0 Å². The van der Waals surface area contributed by atoms with E-state index in [4.69, 9.17) is 9.84 Å². The van der Waals surface area contributed by atoms with Crippen LogP contribution in [-0.4, -0.2) is 73.0 Å². The molecule has 0 bridgehead atoms. The summed E-state index contributed by atoms with van der Waals surface area (Å²) in [5.41, 5.74) is 0. The van der Waals surface area contributed by atoms with E-state index < -0.39 is 0 Å². The van der Waals surface area contributed by atoms with Gasteiger partial charge in [0, 0.05) is 25.7 Å². The van der Waals surface area contributed by atoms with Crippen molar-refractivity contribution in [1.82, 2.24) is 15.5 Å². The number of rotatable bonds is 2. The van der Waals surface area contributed by atoms with E-state index >= 15 is 0 Å². The lowest BCUT2D eigenvalue weighted by atomic mass is 10.1. The van der Waals surface area contributed by atoms with E-state index in [2.05, 4.69) is 17.6 Å². The zero-order chi connectivity index (χ0) is 13.1.